The van der Waals surface area contributed by atoms with Crippen LogP contribution in [0.3, 0.4) is 0 Å². The second-order valence-electron chi connectivity index (χ2n) is 5.92. The van der Waals surface area contributed by atoms with E-state index < -0.39 is 0 Å². The quantitative estimate of drug-likeness (QED) is 0.486. The fraction of sp³-hybridized carbons (Fsp3) is 0.158. The summed E-state index contributed by atoms with van der Waals surface area (Å²) in [6.45, 7) is 0. The molecule has 0 aliphatic carbocycles. The van der Waals surface area contributed by atoms with Gasteiger partial charge in [-0.15, -0.1) is 10.2 Å². The molecule has 0 unspecified atom stereocenters. The molecule has 4 rings (SSSR count). The Balaban J connectivity index is 1.42. The first kappa shape index (κ1) is 18.5. The molecule has 0 aliphatic rings. The summed E-state index contributed by atoms with van der Waals surface area (Å²) >= 11 is 2.79. The molecule has 1 N–H and O–H groups in total. The number of thioether (sulfide) groups is 1. The fourth-order valence-electron chi connectivity index (χ4n) is 2.67. The number of thiazole rings is 1. The van der Waals surface area contributed by atoms with Crippen molar-refractivity contribution in [1.82, 2.24) is 19.7 Å². The standard InChI is InChI=1S/C19H17N5O2S2/c1-24-17(12-6-5-7-13(10-12)26-2)22-23-19(24)27-11-16(25)21-18-20-14-8-3-4-9-15(14)28-18/h3-10H,11H2,1-2H3,(H,20,21,25). The summed E-state index contributed by atoms with van der Waals surface area (Å²) in [5.41, 5.74) is 1.78. The van der Waals surface area contributed by atoms with Gasteiger partial charge in [0.05, 0.1) is 23.1 Å². The first-order valence-corrected chi connectivity index (χ1v) is 10.3. The Morgan fingerprint density at radius 2 is 2.07 bits per heavy atom. The lowest BCUT2D eigenvalue weighted by Gasteiger charge is -2.05. The third-order valence-electron chi connectivity index (χ3n) is 4.04. The van der Waals surface area contributed by atoms with Crippen molar-refractivity contribution < 1.29 is 9.53 Å². The van der Waals surface area contributed by atoms with Gasteiger partial charge in [-0.3, -0.25) is 4.79 Å². The number of benzene rings is 2. The number of nitrogens with zero attached hydrogens (tertiary/aromatic N) is 4. The minimum atomic E-state index is -0.130. The molecule has 4 aromatic rings. The zero-order chi connectivity index (χ0) is 19.5. The molecular formula is C19H17N5O2S2. The minimum absolute atomic E-state index is 0.130. The van der Waals surface area contributed by atoms with Gasteiger partial charge in [-0.25, -0.2) is 4.98 Å². The summed E-state index contributed by atoms with van der Waals surface area (Å²) in [5.74, 6) is 1.56. The smallest absolute Gasteiger partial charge is 0.236 e. The van der Waals surface area contributed by atoms with Gasteiger partial charge in [0.2, 0.25) is 5.91 Å². The molecule has 1 amide bonds. The van der Waals surface area contributed by atoms with E-state index in [0.717, 1.165) is 21.5 Å². The Morgan fingerprint density at radius 3 is 2.89 bits per heavy atom. The van der Waals surface area contributed by atoms with Gasteiger partial charge in [0.1, 0.15) is 5.75 Å². The summed E-state index contributed by atoms with van der Waals surface area (Å²) < 4.78 is 8.17. The number of carbonyl (C=O) groups is 1. The maximum atomic E-state index is 12.3. The molecule has 0 fully saturated rings. The Labute approximate surface area is 169 Å². The highest BCUT2D eigenvalue weighted by Crippen LogP contribution is 2.27. The third-order valence-corrected chi connectivity index (χ3v) is 6.01. The second kappa shape index (κ2) is 7.99. The minimum Gasteiger partial charge on any atom is -0.497 e. The van der Waals surface area contributed by atoms with E-state index in [-0.39, 0.29) is 11.7 Å². The van der Waals surface area contributed by atoms with Crippen LogP contribution in [-0.4, -0.2) is 38.5 Å². The van der Waals surface area contributed by atoms with Gasteiger partial charge < -0.3 is 14.6 Å². The molecule has 7 nitrogen and oxygen atoms in total. The lowest BCUT2D eigenvalue weighted by molar-refractivity contribution is -0.113. The molecule has 142 valence electrons. The van der Waals surface area contributed by atoms with Gasteiger partial charge in [-0.1, -0.05) is 47.4 Å². The van der Waals surface area contributed by atoms with Gasteiger partial charge >= 0.3 is 0 Å². The molecular weight excluding hydrogens is 394 g/mol. The van der Waals surface area contributed by atoms with Crippen LogP contribution >= 0.6 is 23.1 Å². The van der Waals surface area contributed by atoms with Crippen molar-refractivity contribution in [2.24, 2.45) is 7.05 Å². The fourth-order valence-corrected chi connectivity index (χ4v) is 4.26. The number of amides is 1. The van der Waals surface area contributed by atoms with Gasteiger partial charge in [0.25, 0.3) is 0 Å². The molecule has 0 spiro atoms. The predicted octanol–water partition coefficient (Wildman–Crippen LogP) is 3.83. The lowest BCUT2D eigenvalue weighted by atomic mass is 10.2. The molecule has 0 aliphatic heterocycles. The average molecular weight is 412 g/mol. The maximum absolute atomic E-state index is 12.3. The first-order chi connectivity index (χ1) is 13.6. The summed E-state index contributed by atoms with van der Waals surface area (Å²) in [4.78, 5) is 16.7. The van der Waals surface area contributed by atoms with Gasteiger partial charge in [0.15, 0.2) is 16.1 Å². The highest BCUT2D eigenvalue weighted by Gasteiger charge is 2.14. The summed E-state index contributed by atoms with van der Waals surface area (Å²) in [7, 11) is 3.50. The predicted molar refractivity (Wildman–Crippen MR) is 112 cm³/mol. The number of aromatic nitrogens is 4. The molecule has 0 saturated heterocycles. The van der Waals surface area contributed by atoms with E-state index in [4.69, 9.17) is 4.74 Å². The van der Waals surface area contributed by atoms with E-state index in [1.165, 1.54) is 23.1 Å². The van der Waals surface area contributed by atoms with E-state index in [2.05, 4.69) is 20.5 Å². The molecule has 0 saturated carbocycles. The molecule has 0 radical (unpaired) electrons. The Kier molecular flexibility index (Phi) is 5.27. The van der Waals surface area contributed by atoms with Crippen molar-refractivity contribution in [3.8, 4) is 17.1 Å². The molecule has 0 bridgehead atoms. The van der Waals surface area contributed by atoms with Crippen molar-refractivity contribution in [3.63, 3.8) is 0 Å². The van der Waals surface area contributed by atoms with Crippen LogP contribution in [0.2, 0.25) is 0 Å². The zero-order valence-corrected chi connectivity index (χ0v) is 16.9. The third kappa shape index (κ3) is 3.85. The van der Waals surface area contributed by atoms with Crippen molar-refractivity contribution in [2.45, 2.75) is 5.16 Å². The molecule has 0 atom stereocenters. The first-order valence-electron chi connectivity index (χ1n) is 8.46. The van der Waals surface area contributed by atoms with Crippen molar-refractivity contribution in [1.29, 1.82) is 0 Å². The van der Waals surface area contributed by atoms with E-state index in [1.54, 1.807) is 7.11 Å². The molecule has 28 heavy (non-hydrogen) atoms. The summed E-state index contributed by atoms with van der Waals surface area (Å²) in [6, 6.07) is 15.4. The van der Waals surface area contributed by atoms with Gasteiger partial charge in [-0.05, 0) is 24.3 Å². The van der Waals surface area contributed by atoms with Crippen LogP contribution in [0, 0.1) is 0 Å². The molecule has 2 aromatic heterocycles. The SMILES string of the molecule is COc1cccc(-c2nnc(SCC(=O)Nc3nc4ccccc4s3)n2C)c1. The van der Waals surface area contributed by atoms with Crippen LogP contribution in [0.15, 0.2) is 53.7 Å². The van der Waals surface area contributed by atoms with Crippen molar-refractivity contribution >= 4 is 44.4 Å². The largest absolute Gasteiger partial charge is 0.497 e. The highest BCUT2D eigenvalue weighted by atomic mass is 32.2. The number of methoxy groups -OCH3 is 1. The van der Waals surface area contributed by atoms with Crippen molar-refractivity contribution in [3.05, 3.63) is 48.5 Å². The van der Waals surface area contributed by atoms with Crippen LogP contribution < -0.4 is 10.1 Å². The van der Waals surface area contributed by atoms with E-state index in [9.17, 15) is 4.79 Å². The van der Waals surface area contributed by atoms with Crippen LogP contribution in [0.1, 0.15) is 0 Å². The monoisotopic (exact) mass is 411 g/mol. The lowest BCUT2D eigenvalue weighted by Crippen LogP contribution is -2.14. The van der Waals surface area contributed by atoms with Crippen LogP contribution in [0.4, 0.5) is 5.13 Å². The molecule has 2 aromatic carbocycles. The average Bonchev–Trinajstić information content (AvgIpc) is 3.29. The number of hydrogen-bond acceptors (Lipinski definition) is 7. The summed E-state index contributed by atoms with van der Waals surface area (Å²) in [6.07, 6.45) is 0. The Bertz CT molecular complexity index is 1110. The van der Waals surface area contributed by atoms with Crippen LogP contribution in [0.25, 0.3) is 21.6 Å². The van der Waals surface area contributed by atoms with Crippen LogP contribution in [-0.2, 0) is 11.8 Å². The van der Waals surface area contributed by atoms with E-state index >= 15 is 0 Å². The van der Waals surface area contributed by atoms with Gasteiger partial charge in [-0.2, -0.15) is 0 Å². The summed E-state index contributed by atoms with van der Waals surface area (Å²) in [5, 5.41) is 12.6. The maximum Gasteiger partial charge on any atom is 0.236 e. The van der Waals surface area contributed by atoms with E-state index in [1.807, 2.05) is 60.1 Å². The van der Waals surface area contributed by atoms with E-state index in [0.29, 0.717) is 16.1 Å². The zero-order valence-electron chi connectivity index (χ0n) is 15.2. The number of carbonyl (C=O) groups excluding carboxylic acids is 1. The number of ether oxygens (including phenoxy) is 1. The van der Waals surface area contributed by atoms with Crippen LogP contribution in [0.5, 0.6) is 5.75 Å². The number of hydrogen-bond donors (Lipinski definition) is 1. The number of fused-ring (bicyclic) bond motifs is 1. The second-order valence-corrected chi connectivity index (χ2v) is 7.89. The topological polar surface area (TPSA) is 81.9 Å². The Hall–Kier alpha value is -2.91. The van der Waals surface area contributed by atoms with Crippen molar-refractivity contribution in [2.75, 3.05) is 18.2 Å². The normalized spacial score (nSPS) is 10.9. The number of rotatable bonds is 6. The van der Waals surface area contributed by atoms with Gasteiger partial charge in [0, 0.05) is 12.6 Å². The molecule has 2 heterocycles. The number of anilines is 1. The highest BCUT2D eigenvalue weighted by molar-refractivity contribution is 7.99. The Morgan fingerprint density at radius 1 is 1.21 bits per heavy atom. The number of para-hydroxylation sites is 1. The number of nitrogens with one attached hydrogen (secondary N) is 1. The molecule has 9 heteroatoms.